The van der Waals surface area contributed by atoms with E-state index in [-0.39, 0.29) is 12.4 Å². The molecule has 2 N–H and O–H groups in total. The number of hydrogen-bond donors (Lipinski definition) is 2. The lowest BCUT2D eigenvalue weighted by atomic mass is 9.73. The van der Waals surface area contributed by atoms with Gasteiger partial charge in [0, 0.05) is 0 Å². The molecule has 0 heterocycles. The molecule has 0 aliphatic heterocycles. The minimum Gasteiger partial charge on any atom is -0.491 e. The molecule has 2 atom stereocenters. The molecule has 7 heteroatoms. The maximum absolute atomic E-state index is 14.4. The zero-order chi connectivity index (χ0) is 17.9. The van der Waals surface area contributed by atoms with Gasteiger partial charge in [-0.1, -0.05) is 12.8 Å². The first kappa shape index (κ1) is 18.2. The molecule has 1 fully saturated rings. The molecule has 0 spiro atoms. The van der Waals surface area contributed by atoms with Gasteiger partial charge in [-0.05, 0) is 38.8 Å². The van der Waals surface area contributed by atoms with Crippen LogP contribution in [0.25, 0.3) is 0 Å². The fourth-order valence-electron chi connectivity index (χ4n) is 3.21. The summed E-state index contributed by atoms with van der Waals surface area (Å²) < 4.78 is 33.4. The normalized spacial score (nSPS) is 23.6. The van der Waals surface area contributed by atoms with Gasteiger partial charge in [0.15, 0.2) is 11.6 Å². The molecule has 0 aromatic heterocycles. The highest BCUT2D eigenvalue weighted by atomic mass is 19.1. The van der Waals surface area contributed by atoms with Crippen molar-refractivity contribution in [1.29, 1.82) is 0 Å². The van der Waals surface area contributed by atoms with Crippen molar-refractivity contribution in [2.24, 2.45) is 5.92 Å². The number of carboxylic acid groups (broad SMARTS) is 1. The number of aliphatic carboxylic acids is 1. The topological polar surface area (TPSA) is 75.6 Å². The summed E-state index contributed by atoms with van der Waals surface area (Å²) in [7, 11) is 0. The highest BCUT2D eigenvalue weighted by Gasteiger charge is 2.43. The summed E-state index contributed by atoms with van der Waals surface area (Å²) in [5, 5.41) is 11.9. The Balaban J connectivity index is 2.32. The molecule has 1 aromatic carbocycles. The Labute approximate surface area is 139 Å². The van der Waals surface area contributed by atoms with E-state index < -0.39 is 40.5 Å². The first-order valence-electron chi connectivity index (χ1n) is 7.96. The quantitative estimate of drug-likeness (QED) is 0.863. The van der Waals surface area contributed by atoms with E-state index in [0.29, 0.717) is 12.8 Å². The van der Waals surface area contributed by atoms with Crippen LogP contribution in [-0.2, 0) is 4.79 Å². The molecule has 1 amide bonds. The van der Waals surface area contributed by atoms with Crippen molar-refractivity contribution in [2.45, 2.75) is 45.1 Å². The third-order valence-electron chi connectivity index (χ3n) is 4.49. The molecule has 1 aliphatic rings. The van der Waals surface area contributed by atoms with Crippen molar-refractivity contribution < 1.29 is 28.2 Å². The van der Waals surface area contributed by atoms with E-state index in [1.807, 2.05) is 0 Å². The third kappa shape index (κ3) is 3.49. The maximum Gasteiger partial charge on any atom is 0.308 e. The van der Waals surface area contributed by atoms with Gasteiger partial charge in [0.05, 0.1) is 18.1 Å². The molecular formula is C17H21F2NO4. The highest BCUT2D eigenvalue weighted by molar-refractivity contribution is 5.96. The maximum atomic E-state index is 14.4. The molecule has 1 aliphatic carbocycles. The fourth-order valence-corrected chi connectivity index (χ4v) is 3.21. The van der Waals surface area contributed by atoms with Crippen molar-refractivity contribution in [1.82, 2.24) is 5.32 Å². The van der Waals surface area contributed by atoms with Crippen molar-refractivity contribution in [2.75, 3.05) is 6.61 Å². The molecule has 2 rings (SSSR count). The van der Waals surface area contributed by atoms with Crippen LogP contribution in [0.5, 0.6) is 5.75 Å². The number of rotatable bonds is 5. The smallest absolute Gasteiger partial charge is 0.308 e. The van der Waals surface area contributed by atoms with Crippen LogP contribution in [0.3, 0.4) is 0 Å². The molecule has 0 radical (unpaired) electrons. The van der Waals surface area contributed by atoms with Crippen LogP contribution in [0, 0.1) is 17.6 Å². The molecule has 0 bridgehead atoms. The molecule has 2 unspecified atom stereocenters. The number of hydrogen-bond acceptors (Lipinski definition) is 3. The monoisotopic (exact) mass is 341 g/mol. The van der Waals surface area contributed by atoms with Gasteiger partial charge in [-0.3, -0.25) is 9.59 Å². The average Bonchev–Trinajstić information content (AvgIpc) is 2.50. The van der Waals surface area contributed by atoms with Crippen LogP contribution in [0.1, 0.15) is 49.9 Å². The molecule has 132 valence electrons. The summed E-state index contributed by atoms with van der Waals surface area (Å²) in [6, 6.07) is 2.08. The van der Waals surface area contributed by atoms with Gasteiger partial charge < -0.3 is 15.2 Å². The van der Waals surface area contributed by atoms with Gasteiger partial charge in [0.25, 0.3) is 5.91 Å². The van der Waals surface area contributed by atoms with Gasteiger partial charge in [-0.25, -0.2) is 8.78 Å². The van der Waals surface area contributed by atoms with E-state index in [1.54, 1.807) is 13.8 Å². The Bertz CT molecular complexity index is 650. The number of ether oxygens (including phenoxy) is 1. The number of carbonyl (C=O) groups is 2. The lowest BCUT2D eigenvalue weighted by Gasteiger charge is -2.39. The lowest BCUT2D eigenvalue weighted by Crippen LogP contribution is -2.55. The summed E-state index contributed by atoms with van der Waals surface area (Å²) in [5.74, 6) is -5.10. The SMILES string of the molecule is CCOc1ccc(F)c(C(=O)NC2(C)CCCCC2C(=O)O)c1F. The minimum absolute atomic E-state index is 0.169. The first-order chi connectivity index (χ1) is 11.3. The van der Waals surface area contributed by atoms with Crippen molar-refractivity contribution in [3.8, 4) is 5.75 Å². The van der Waals surface area contributed by atoms with Crippen molar-refractivity contribution >= 4 is 11.9 Å². The van der Waals surface area contributed by atoms with Gasteiger partial charge in [0.2, 0.25) is 0 Å². The van der Waals surface area contributed by atoms with Gasteiger partial charge in [-0.2, -0.15) is 0 Å². The molecule has 1 saturated carbocycles. The number of carbonyl (C=O) groups excluding carboxylic acids is 1. The van der Waals surface area contributed by atoms with E-state index in [2.05, 4.69) is 5.32 Å². The second kappa shape index (κ2) is 7.15. The fraction of sp³-hybridized carbons (Fsp3) is 0.529. The van der Waals surface area contributed by atoms with Crippen LogP contribution >= 0.6 is 0 Å². The van der Waals surface area contributed by atoms with Gasteiger partial charge in [-0.15, -0.1) is 0 Å². The van der Waals surface area contributed by atoms with E-state index in [0.717, 1.165) is 25.0 Å². The standard InChI is InChI=1S/C17H21F2NO4/c1-3-24-12-8-7-11(18)13(14(12)19)15(21)20-17(2)9-5-4-6-10(17)16(22)23/h7-8,10H,3-6,9H2,1-2H3,(H,20,21)(H,22,23). The zero-order valence-corrected chi connectivity index (χ0v) is 13.7. The summed E-state index contributed by atoms with van der Waals surface area (Å²) in [5.41, 5.74) is -1.81. The van der Waals surface area contributed by atoms with Crippen molar-refractivity contribution in [3.63, 3.8) is 0 Å². The van der Waals surface area contributed by atoms with Crippen LogP contribution in [0.15, 0.2) is 12.1 Å². The number of amides is 1. The number of benzene rings is 1. The zero-order valence-electron chi connectivity index (χ0n) is 13.7. The minimum atomic E-state index is -1.08. The van der Waals surface area contributed by atoms with Crippen LogP contribution < -0.4 is 10.1 Å². The highest BCUT2D eigenvalue weighted by Crippen LogP contribution is 2.34. The lowest BCUT2D eigenvalue weighted by molar-refractivity contribution is -0.145. The van der Waals surface area contributed by atoms with Crippen molar-refractivity contribution in [3.05, 3.63) is 29.3 Å². The summed E-state index contributed by atoms with van der Waals surface area (Å²) in [6.07, 6.45) is 2.33. The molecule has 5 nitrogen and oxygen atoms in total. The van der Waals surface area contributed by atoms with Gasteiger partial charge in [0.1, 0.15) is 11.4 Å². The average molecular weight is 341 g/mol. The molecule has 24 heavy (non-hydrogen) atoms. The number of nitrogens with one attached hydrogen (secondary N) is 1. The Morgan fingerprint density at radius 1 is 1.38 bits per heavy atom. The van der Waals surface area contributed by atoms with E-state index >= 15 is 0 Å². The predicted octanol–water partition coefficient (Wildman–Crippen LogP) is 3.13. The predicted molar refractivity (Wildman–Crippen MR) is 83.0 cm³/mol. The van der Waals surface area contributed by atoms with E-state index in [4.69, 9.17) is 4.74 Å². The summed E-state index contributed by atoms with van der Waals surface area (Å²) >= 11 is 0. The first-order valence-corrected chi connectivity index (χ1v) is 7.96. The second-order valence-electron chi connectivity index (χ2n) is 6.18. The van der Waals surface area contributed by atoms with Crippen LogP contribution in [0.4, 0.5) is 8.78 Å². The third-order valence-corrected chi connectivity index (χ3v) is 4.49. The Hall–Kier alpha value is -2.18. The Morgan fingerprint density at radius 2 is 2.08 bits per heavy atom. The Kier molecular flexibility index (Phi) is 5.41. The van der Waals surface area contributed by atoms with E-state index in [9.17, 15) is 23.5 Å². The van der Waals surface area contributed by atoms with Crippen LogP contribution in [-0.4, -0.2) is 29.1 Å². The largest absolute Gasteiger partial charge is 0.491 e. The summed E-state index contributed by atoms with van der Waals surface area (Å²) in [4.78, 5) is 23.9. The van der Waals surface area contributed by atoms with Gasteiger partial charge >= 0.3 is 5.97 Å². The van der Waals surface area contributed by atoms with E-state index in [1.165, 1.54) is 0 Å². The number of halogens is 2. The molecule has 1 aromatic rings. The summed E-state index contributed by atoms with van der Waals surface area (Å²) in [6.45, 7) is 3.41. The van der Waals surface area contributed by atoms with Crippen LogP contribution in [0.2, 0.25) is 0 Å². The molecule has 0 saturated heterocycles. The molecular weight excluding hydrogens is 320 g/mol. The Morgan fingerprint density at radius 3 is 2.71 bits per heavy atom. The number of carboxylic acids is 1. The second-order valence-corrected chi connectivity index (χ2v) is 6.18.